The number of ether oxygens (including phenoxy) is 3. The number of hydrogen-bond donors (Lipinski definition) is 5. The largest absolute Gasteiger partial charge is 0.487 e. The summed E-state index contributed by atoms with van der Waals surface area (Å²) in [6.07, 6.45) is -1.00. The summed E-state index contributed by atoms with van der Waals surface area (Å²) < 4.78 is 23.9. The molecule has 0 amide bonds. The summed E-state index contributed by atoms with van der Waals surface area (Å²) in [6, 6.07) is 5.42. The second-order valence-corrected chi connectivity index (χ2v) is 8.31. The van der Waals surface area contributed by atoms with Crippen molar-refractivity contribution in [3.05, 3.63) is 23.8 Å². The van der Waals surface area contributed by atoms with E-state index in [0.29, 0.717) is 23.6 Å². The average Bonchev–Trinajstić information content (AvgIpc) is 2.59. The number of benzene rings is 1. The van der Waals surface area contributed by atoms with Gasteiger partial charge in [0.2, 0.25) is 0 Å². The summed E-state index contributed by atoms with van der Waals surface area (Å²) in [7, 11) is 0. The number of anilines is 1. The third-order valence-electron chi connectivity index (χ3n) is 4.02. The van der Waals surface area contributed by atoms with Gasteiger partial charge >= 0.3 is 0 Å². The van der Waals surface area contributed by atoms with Crippen molar-refractivity contribution in [2.75, 3.05) is 17.9 Å². The maximum atomic E-state index is 10.7. The van der Waals surface area contributed by atoms with Crippen LogP contribution < -0.4 is 15.2 Å². The molecule has 2 rings (SSSR count). The SMILES string of the molecule is CC(C)(O)OCCC(O)C(CCOC(C)(C)O)Oc1cccc2c1C(N)=NSN2. The second kappa shape index (κ2) is 9.96. The minimum atomic E-state index is -1.29. The van der Waals surface area contributed by atoms with Crippen LogP contribution in [0.25, 0.3) is 0 Å². The Bertz CT molecular complexity index is 702. The van der Waals surface area contributed by atoms with Crippen molar-refractivity contribution in [2.24, 2.45) is 10.1 Å². The Labute approximate surface area is 175 Å². The van der Waals surface area contributed by atoms with E-state index in [-0.39, 0.29) is 19.6 Å². The van der Waals surface area contributed by atoms with Gasteiger partial charge in [-0.2, -0.15) is 4.40 Å². The molecule has 9 nitrogen and oxygen atoms in total. The molecule has 0 fully saturated rings. The van der Waals surface area contributed by atoms with Gasteiger partial charge < -0.3 is 40.0 Å². The topological polar surface area (TPSA) is 139 Å². The smallest absolute Gasteiger partial charge is 0.159 e. The van der Waals surface area contributed by atoms with Gasteiger partial charge in [-0.15, -0.1) is 0 Å². The highest BCUT2D eigenvalue weighted by Gasteiger charge is 2.26. The van der Waals surface area contributed by atoms with Crippen molar-refractivity contribution in [1.29, 1.82) is 0 Å². The fraction of sp³-hybridized carbons (Fsp3) is 0.632. The molecule has 1 aromatic carbocycles. The average molecular weight is 430 g/mol. The molecule has 1 aromatic rings. The predicted octanol–water partition coefficient (Wildman–Crippen LogP) is 1.76. The zero-order valence-corrected chi connectivity index (χ0v) is 18.0. The Morgan fingerprint density at radius 1 is 1.10 bits per heavy atom. The minimum Gasteiger partial charge on any atom is -0.487 e. The number of hydrogen-bond acceptors (Lipinski definition) is 10. The van der Waals surface area contributed by atoms with Crippen molar-refractivity contribution < 1.29 is 29.5 Å². The molecule has 1 aliphatic heterocycles. The maximum Gasteiger partial charge on any atom is 0.159 e. The first kappa shape index (κ1) is 23.7. The zero-order valence-electron chi connectivity index (χ0n) is 17.2. The van der Waals surface area contributed by atoms with Gasteiger partial charge in [0.15, 0.2) is 11.6 Å². The third kappa shape index (κ3) is 8.00. The van der Waals surface area contributed by atoms with Crippen LogP contribution in [0.3, 0.4) is 0 Å². The van der Waals surface area contributed by atoms with Crippen molar-refractivity contribution in [3.8, 4) is 5.75 Å². The minimum absolute atomic E-state index is 0.144. The summed E-state index contributed by atoms with van der Waals surface area (Å²) in [4.78, 5) is 0. The molecular formula is C19H31N3O6S. The van der Waals surface area contributed by atoms with Crippen LogP contribution >= 0.6 is 12.1 Å². The zero-order chi connectivity index (χ0) is 21.7. The van der Waals surface area contributed by atoms with Crippen LogP contribution in [0, 0.1) is 0 Å². The number of amidine groups is 1. The molecule has 0 saturated carbocycles. The number of rotatable bonds is 11. The quantitative estimate of drug-likeness (QED) is 0.263. The standard InChI is InChI=1S/C19H31N3O6S/c1-18(2,24)26-10-8-13(23)14(9-11-27-19(3,4)25)28-15-7-5-6-12-16(15)17(20)22-29-21-12/h5-7,13-14,21,23-25H,8-11H2,1-4H3,(H2,20,22). The van der Waals surface area contributed by atoms with Crippen molar-refractivity contribution in [3.63, 3.8) is 0 Å². The highest BCUT2D eigenvalue weighted by molar-refractivity contribution is 7.99. The predicted molar refractivity (Wildman–Crippen MR) is 113 cm³/mol. The summed E-state index contributed by atoms with van der Waals surface area (Å²) >= 11 is 1.13. The van der Waals surface area contributed by atoms with Gasteiger partial charge in [0, 0.05) is 12.8 Å². The molecule has 2 unspecified atom stereocenters. The lowest BCUT2D eigenvalue weighted by Crippen LogP contribution is -2.37. The van der Waals surface area contributed by atoms with E-state index in [1.165, 1.54) is 27.7 Å². The van der Waals surface area contributed by atoms with Gasteiger partial charge in [-0.1, -0.05) is 6.07 Å². The molecule has 164 valence electrons. The lowest BCUT2D eigenvalue weighted by atomic mass is 10.1. The molecule has 0 spiro atoms. The Balaban J connectivity index is 2.12. The molecule has 0 aliphatic carbocycles. The highest BCUT2D eigenvalue weighted by Crippen LogP contribution is 2.33. The van der Waals surface area contributed by atoms with Crippen LogP contribution in [0.5, 0.6) is 5.75 Å². The molecule has 0 saturated heterocycles. The van der Waals surface area contributed by atoms with Crippen LogP contribution in [-0.4, -0.2) is 58.2 Å². The van der Waals surface area contributed by atoms with Crippen LogP contribution in [-0.2, 0) is 9.47 Å². The molecule has 0 bridgehead atoms. The van der Waals surface area contributed by atoms with E-state index in [4.69, 9.17) is 19.9 Å². The molecule has 1 heterocycles. The molecule has 1 aliphatic rings. The molecule has 6 N–H and O–H groups in total. The number of aliphatic hydroxyl groups is 3. The highest BCUT2D eigenvalue weighted by atomic mass is 32.2. The van der Waals surface area contributed by atoms with Gasteiger partial charge in [-0.05, 0) is 39.8 Å². The first-order chi connectivity index (χ1) is 13.5. The Hall–Kier alpha value is -1.56. The molecule has 10 heteroatoms. The summed E-state index contributed by atoms with van der Waals surface area (Å²) in [5, 5.41) is 30.1. The van der Waals surface area contributed by atoms with Crippen molar-refractivity contribution in [1.82, 2.24) is 0 Å². The van der Waals surface area contributed by atoms with E-state index in [2.05, 4.69) is 9.12 Å². The van der Waals surface area contributed by atoms with Crippen LogP contribution in [0.1, 0.15) is 46.1 Å². The van der Waals surface area contributed by atoms with E-state index in [0.717, 1.165) is 17.8 Å². The van der Waals surface area contributed by atoms with E-state index in [1.807, 2.05) is 12.1 Å². The lowest BCUT2D eigenvalue weighted by Gasteiger charge is -2.28. The fourth-order valence-electron chi connectivity index (χ4n) is 2.68. The molecule has 0 aromatic heterocycles. The first-order valence-corrected chi connectivity index (χ1v) is 10.2. The number of nitrogens with zero attached hydrogens (tertiary/aromatic N) is 1. The number of aliphatic hydroxyl groups excluding tert-OH is 1. The molecule has 2 atom stereocenters. The maximum absolute atomic E-state index is 10.7. The summed E-state index contributed by atoms with van der Waals surface area (Å²) in [6.45, 7) is 6.42. The fourth-order valence-corrected chi connectivity index (χ4v) is 3.18. The monoisotopic (exact) mass is 429 g/mol. The number of nitrogens with one attached hydrogen (secondary N) is 1. The summed E-state index contributed by atoms with van der Waals surface area (Å²) in [5.41, 5.74) is 7.42. The molecular weight excluding hydrogens is 398 g/mol. The van der Waals surface area contributed by atoms with Gasteiger partial charge in [0.05, 0.1) is 42.7 Å². The van der Waals surface area contributed by atoms with E-state index in [9.17, 15) is 15.3 Å². The van der Waals surface area contributed by atoms with Gasteiger partial charge in [0.25, 0.3) is 0 Å². The van der Waals surface area contributed by atoms with Crippen LogP contribution in [0.2, 0.25) is 0 Å². The number of fused-ring (bicyclic) bond motifs is 1. The van der Waals surface area contributed by atoms with E-state index >= 15 is 0 Å². The molecule has 29 heavy (non-hydrogen) atoms. The second-order valence-electron chi connectivity index (χ2n) is 7.74. The van der Waals surface area contributed by atoms with Gasteiger partial charge in [-0.25, -0.2) is 0 Å². The Morgan fingerprint density at radius 3 is 2.34 bits per heavy atom. The van der Waals surface area contributed by atoms with Crippen molar-refractivity contribution in [2.45, 2.75) is 64.3 Å². The lowest BCUT2D eigenvalue weighted by molar-refractivity contribution is -0.186. The van der Waals surface area contributed by atoms with E-state index in [1.54, 1.807) is 6.07 Å². The van der Waals surface area contributed by atoms with E-state index < -0.39 is 23.8 Å². The van der Waals surface area contributed by atoms with Crippen LogP contribution in [0.4, 0.5) is 5.69 Å². The first-order valence-electron chi connectivity index (χ1n) is 9.42. The van der Waals surface area contributed by atoms with Gasteiger partial charge in [0.1, 0.15) is 17.7 Å². The molecule has 0 radical (unpaired) electrons. The van der Waals surface area contributed by atoms with Gasteiger partial charge in [-0.3, -0.25) is 0 Å². The van der Waals surface area contributed by atoms with Crippen molar-refractivity contribution >= 4 is 23.7 Å². The third-order valence-corrected chi connectivity index (χ3v) is 4.62. The van der Waals surface area contributed by atoms with Crippen LogP contribution in [0.15, 0.2) is 22.6 Å². The Kier molecular flexibility index (Phi) is 8.15. The summed E-state index contributed by atoms with van der Waals surface area (Å²) in [5.74, 6) is -1.77. The Morgan fingerprint density at radius 2 is 1.72 bits per heavy atom. The number of nitrogens with two attached hydrogens (primary N) is 1. The normalized spacial score (nSPS) is 16.4.